The molecular weight excluding hydrogens is 216 g/mol. The van der Waals surface area contributed by atoms with Crippen LogP contribution in [0, 0.1) is 0 Å². The largest absolute Gasteiger partial charge is 0.383 e. The van der Waals surface area contributed by atoms with Gasteiger partial charge in [-0.25, -0.2) is 0 Å². The van der Waals surface area contributed by atoms with Gasteiger partial charge in [-0.1, -0.05) is 30.3 Å². The van der Waals surface area contributed by atoms with Gasteiger partial charge in [-0.3, -0.25) is 4.79 Å². The molecule has 0 aliphatic heterocycles. The van der Waals surface area contributed by atoms with Crippen molar-refractivity contribution in [1.82, 2.24) is 4.90 Å². The Morgan fingerprint density at radius 3 is 2.59 bits per heavy atom. The molecule has 1 aromatic carbocycles. The Morgan fingerprint density at radius 2 is 2.06 bits per heavy atom. The van der Waals surface area contributed by atoms with Gasteiger partial charge in [0.2, 0.25) is 5.91 Å². The average molecular weight is 236 g/mol. The van der Waals surface area contributed by atoms with Crippen molar-refractivity contribution < 1.29 is 9.53 Å². The van der Waals surface area contributed by atoms with Gasteiger partial charge in [0.05, 0.1) is 6.61 Å². The van der Waals surface area contributed by atoms with Crippen LogP contribution in [-0.2, 0) is 9.53 Å². The molecule has 1 aromatic rings. The number of hydrogen-bond donors (Lipinski definition) is 1. The van der Waals surface area contributed by atoms with Gasteiger partial charge >= 0.3 is 0 Å². The fourth-order valence-electron chi connectivity index (χ4n) is 1.63. The minimum atomic E-state index is -0.590. The van der Waals surface area contributed by atoms with Crippen LogP contribution < -0.4 is 5.73 Å². The monoisotopic (exact) mass is 236 g/mol. The summed E-state index contributed by atoms with van der Waals surface area (Å²) >= 11 is 0. The van der Waals surface area contributed by atoms with E-state index in [2.05, 4.69) is 0 Å². The zero-order valence-corrected chi connectivity index (χ0v) is 10.4. The van der Waals surface area contributed by atoms with Gasteiger partial charge < -0.3 is 15.4 Å². The van der Waals surface area contributed by atoms with Crippen molar-refractivity contribution >= 4 is 5.91 Å². The number of benzene rings is 1. The zero-order valence-electron chi connectivity index (χ0n) is 10.4. The molecular formula is C13H20N2O2. The zero-order chi connectivity index (χ0) is 12.7. The van der Waals surface area contributed by atoms with E-state index < -0.39 is 6.04 Å². The third-order valence-electron chi connectivity index (χ3n) is 2.68. The summed E-state index contributed by atoms with van der Waals surface area (Å²) in [6, 6.07) is 8.82. The van der Waals surface area contributed by atoms with E-state index in [1.807, 2.05) is 37.3 Å². The van der Waals surface area contributed by atoms with Crippen molar-refractivity contribution in [2.45, 2.75) is 13.0 Å². The Hall–Kier alpha value is -1.39. The molecule has 0 spiro atoms. The summed E-state index contributed by atoms with van der Waals surface area (Å²) in [5.41, 5.74) is 6.80. The number of rotatable bonds is 6. The van der Waals surface area contributed by atoms with E-state index in [0.717, 1.165) is 5.56 Å². The first kappa shape index (κ1) is 13.7. The third kappa shape index (κ3) is 3.84. The lowest BCUT2D eigenvalue weighted by molar-refractivity contribution is -0.133. The molecule has 0 unspecified atom stereocenters. The third-order valence-corrected chi connectivity index (χ3v) is 2.68. The highest BCUT2D eigenvalue weighted by Crippen LogP contribution is 2.12. The van der Waals surface area contributed by atoms with Crippen molar-refractivity contribution in [2.24, 2.45) is 5.73 Å². The Morgan fingerprint density at radius 1 is 1.41 bits per heavy atom. The van der Waals surface area contributed by atoms with Gasteiger partial charge in [-0.15, -0.1) is 0 Å². The van der Waals surface area contributed by atoms with Crippen LogP contribution in [0.1, 0.15) is 18.5 Å². The molecule has 4 heteroatoms. The summed E-state index contributed by atoms with van der Waals surface area (Å²) in [6.45, 7) is 3.68. The number of carbonyl (C=O) groups excluding carboxylic acids is 1. The lowest BCUT2D eigenvalue weighted by Gasteiger charge is -2.24. The SMILES string of the molecule is CCN(CCOC)C(=O)[C@H](N)c1ccccc1. The molecule has 2 N–H and O–H groups in total. The molecule has 0 aliphatic carbocycles. The van der Waals surface area contributed by atoms with Crippen LogP contribution in [0.3, 0.4) is 0 Å². The average Bonchev–Trinajstić information content (AvgIpc) is 2.39. The van der Waals surface area contributed by atoms with Gasteiger partial charge in [-0.05, 0) is 12.5 Å². The van der Waals surface area contributed by atoms with Gasteiger partial charge in [0.15, 0.2) is 0 Å². The molecule has 94 valence electrons. The standard InChI is InChI=1S/C13H20N2O2/c1-3-15(9-10-17-2)13(16)12(14)11-7-5-4-6-8-11/h4-8,12H,3,9-10,14H2,1-2H3/t12-/m1/s1. The van der Waals surface area contributed by atoms with Crippen LogP contribution in [0.15, 0.2) is 30.3 Å². The normalized spacial score (nSPS) is 12.2. The lowest BCUT2D eigenvalue weighted by atomic mass is 10.1. The molecule has 0 heterocycles. The highest BCUT2D eigenvalue weighted by Gasteiger charge is 2.20. The second-order valence-electron chi connectivity index (χ2n) is 3.80. The molecule has 1 atom stereocenters. The second kappa shape index (κ2) is 7.04. The predicted molar refractivity (Wildman–Crippen MR) is 67.5 cm³/mol. The summed E-state index contributed by atoms with van der Waals surface area (Å²) in [7, 11) is 1.62. The summed E-state index contributed by atoms with van der Waals surface area (Å²) in [4.78, 5) is 13.8. The van der Waals surface area contributed by atoms with E-state index in [-0.39, 0.29) is 5.91 Å². The van der Waals surface area contributed by atoms with E-state index in [1.54, 1.807) is 12.0 Å². The molecule has 0 radical (unpaired) electrons. The van der Waals surface area contributed by atoms with E-state index in [4.69, 9.17) is 10.5 Å². The maximum atomic E-state index is 12.1. The number of likely N-dealkylation sites (N-methyl/N-ethyl adjacent to an activating group) is 1. The smallest absolute Gasteiger partial charge is 0.244 e. The fraction of sp³-hybridized carbons (Fsp3) is 0.462. The number of hydrogen-bond acceptors (Lipinski definition) is 3. The molecule has 1 rings (SSSR count). The maximum Gasteiger partial charge on any atom is 0.244 e. The quantitative estimate of drug-likeness (QED) is 0.807. The number of amides is 1. The predicted octanol–water partition coefficient (Wildman–Crippen LogP) is 1.18. The van der Waals surface area contributed by atoms with Crippen molar-refractivity contribution in [3.05, 3.63) is 35.9 Å². The Bertz CT molecular complexity index is 341. The summed E-state index contributed by atoms with van der Waals surface area (Å²) < 4.78 is 4.98. The van der Waals surface area contributed by atoms with E-state index >= 15 is 0 Å². The minimum absolute atomic E-state index is 0.0595. The number of carbonyl (C=O) groups is 1. The van der Waals surface area contributed by atoms with E-state index in [1.165, 1.54) is 0 Å². The maximum absolute atomic E-state index is 12.1. The number of nitrogens with zero attached hydrogens (tertiary/aromatic N) is 1. The molecule has 1 amide bonds. The van der Waals surface area contributed by atoms with Gasteiger partial charge in [0.25, 0.3) is 0 Å². The number of methoxy groups -OCH3 is 1. The highest BCUT2D eigenvalue weighted by atomic mass is 16.5. The molecule has 0 fully saturated rings. The molecule has 17 heavy (non-hydrogen) atoms. The van der Waals surface area contributed by atoms with Crippen molar-refractivity contribution in [1.29, 1.82) is 0 Å². The highest BCUT2D eigenvalue weighted by molar-refractivity contribution is 5.83. The van der Waals surface area contributed by atoms with Gasteiger partial charge in [-0.2, -0.15) is 0 Å². The molecule has 4 nitrogen and oxygen atoms in total. The lowest BCUT2D eigenvalue weighted by Crippen LogP contribution is -2.40. The molecule has 0 saturated carbocycles. The van der Waals surface area contributed by atoms with Crippen LogP contribution in [0.4, 0.5) is 0 Å². The second-order valence-corrected chi connectivity index (χ2v) is 3.80. The minimum Gasteiger partial charge on any atom is -0.383 e. The number of ether oxygens (including phenoxy) is 1. The Kier molecular flexibility index (Phi) is 5.66. The topological polar surface area (TPSA) is 55.6 Å². The van der Waals surface area contributed by atoms with E-state index in [0.29, 0.717) is 19.7 Å². The summed E-state index contributed by atoms with van der Waals surface area (Å²) in [5.74, 6) is -0.0595. The molecule has 0 saturated heterocycles. The first-order chi connectivity index (χ1) is 8.20. The molecule has 0 aromatic heterocycles. The number of nitrogens with two attached hydrogens (primary N) is 1. The molecule has 0 aliphatic rings. The van der Waals surface area contributed by atoms with Crippen molar-refractivity contribution in [2.75, 3.05) is 26.8 Å². The Labute approximate surface area is 102 Å². The fourth-order valence-corrected chi connectivity index (χ4v) is 1.63. The van der Waals surface area contributed by atoms with Crippen LogP contribution in [-0.4, -0.2) is 37.6 Å². The first-order valence-electron chi connectivity index (χ1n) is 5.79. The summed E-state index contributed by atoms with van der Waals surface area (Å²) in [5, 5.41) is 0. The van der Waals surface area contributed by atoms with Crippen molar-refractivity contribution in [3.63, 3.8) is 0 Å². The first-order valence-corrected chi connectivity index (χ1v) is 5.79. The van der Waals surface area contributed by atoms with Crippen LogP contribution in [0.2, 0.25) is 0 Å². The summed E-state index contributed by atoms with van der Waals surface area (Å²) in [6.07, 6.45) is 0. The van der Waals surface area contributed by atoms with E-state index in [9.17, 15) is 4.79 Å². The van der Waals surface area contributed by atoms with Crippen LogP contribution in [0.25, 0.3) is 0 Å². The van der Waals surface area contributed by atoms with Crippen LogP contribution >= 0.6 is 0 Å². The van der Waals surface area contributed by atoms with Crippen molar-refractivity contribution in [3.8, 4) is 0 Å². The van der Waals surface area contributed by atoms with Gasteiger partial charge in [0.1, 0.15) is 6.04 Å². The molecule has 0 bridgehead atoms. The van der Waals surface area contributed by atoms with Crippen LogP contribution in [0.5, 0.6) is 0 Å². The Balaban J connectivity index is 2.67. The van der Waals surface area contributed by atoms with Gasteiger partial charge in [0, 0.05) is 20.2 Å².